The fraction of sp³-hybridized carbons (Fsp3) is 0.517. The molecule has 7 nitrogen and oxygen atoms in total. The van der Waals surface area contributed by atoms with Gasteiger partial charge in [-0.15, -0.1) is 0 Å². The van der Waals surface area contributed by atoms with Crippen molar-refractivity contribution in [3.8, 4) is 11.5 Å². The van der Waals surface area contributed by atoms with Gasteiger partial charge in [-0.05, 0) is 62.6 Å². The SMILES string of the molecule is CCOc1cc(OC)ccc1C1=N[C@H](C2CCCC2)[C@H](c2ccc(Cl)cc2)N1C(=O)N1CCN(C)CC1. The number of hydrogen-bond acceptors (Lipinski definition) is 5. The highest BCUT2D eigenvalue weighted by Crippen LogP contribution is 2.45. The lowest BCUT2D eigenvalue weighted by Crippen LogP contribution is -2.53. The highest BCUT2D eigenvalue weighted by atomic mass is 35.5. The summed E-state index contributed by atoms with van der Waals surface area (Å²) < 4.78 is 11.5. The van der Waals surface area contributed by atoms with Gasteiger partial charge in [0, 0.05) is 37.3 Å². The lowest BCUT2D eigenvalue weighted by Gasteiger charge is -2.38. The van der Waals surface area contributed by atoms with Crippen LogP contribution in [0.1, 0.15) is 49.8 Å². The summed E-state index contributed by atoms with van der Waals surface area (Å²) in [4.78, 5) is 25.9. The Morgan fingerprint density at radius 1 is 1.05 bits per heavy atom. The van der Waals surface area contributed by atoms with Crippen molar-refractivity contribution in [2.75, 3.05) is 46.9 Å². The Hall–Kier alpha value is -2.77. The summed E-state index contributed by atoms with van der Waals surface area (Å²) in [6, 6.07) is 13.5. The number of nitrogens with zero attached hydrogens (tertiary/aromatic N) is 4. The highest BCUT2D eigenvalue weighted by Gasteiger charge is 2.47. The number of methoxy groups -OCH3 is 1. The molecule has 2 aromatic carbocycles. The van der Waals surface area contributed by atoms with E-state index in [0.717, 1.165) is 37.1 Å². The number of hydrogen-bond donors (Lipinski definition) is 0. The number of aliphatic imine (C=N–C) groups is 1. The lowest BCUT2D eigenvalue weighted by molar-refractivity contribution is 0.127. The van der Waals surface area contributed by atoms with Crippen molar-refractivity contribution < 1.29 is 14.3 Å². The van der Waals surface area contributed by atoms with Crippen LogP contribution in [0.4, 0.5) is 4.79 Å². The molecule has 2 amide bonds. The number of halogens is 1. The van der Waals surface area contributed by atoms with Crippen LogP contribution in [-0.2, 0) is 0 Å². The van der Waals surface area contributed by atoms with Gasteiger partial charge in [-0.25, -0.2) is 4.79 Å². The minimum atomic E-state index is -0.195. The van der Waals surface area contributed by atoms with E-state index in [1.165, 1.54) is 12.8 Å². The van der Waals surface area contributed by atoms with E-state index in [2.05, 4.69) is 24.1 Å². The molecule has 37 heavy (non-hydrogen) atoms. The quantitative estimate of drug-likeness (QED) is 0.502. The van der Waals surface area contributed by atoms with E-state index in [4.69, 9.17) is 26.1 Å². The van der Waals surface area contributed by atoms with Crippen molar-refractivity contribution in [1.29, 1.82) is 0 Å². The van der Waals surface area contributed by atoms with Gasteiger partial charge in [0.25, 0.3) is 0 Å². The second-order valence-corrected chi connectivity index (χ2v) is 10.7. The maximum Gasteiger partial charge on any atom is 0.326 e. The second-order valence-electron chi connectivity index (χ2n) is 10.2. The number of amidine groups is 1. The van der Waals surface area contributed by atoms with Crippen LogP contribution in [0.25, 0.3) is 0 Å². The highest BCUT2D eigenvalue weighted by molar-refractivity contribution is 6.30. The molecule has 8 heteroatoms. The fourth-order valence-corrected chi connectivity index (χ4v) is 6.00. The second kappa shape index (κ2) is 11.3. The van der Waals surface area contributed by atoms with Crippen molar-refractivity contribution in [3.63, 3.8) is 0 Å². The fourth-order valence-electron chi connectivity index (χ4n) is 5.88. The number of rotatable bonds is 6. The number of piperazine rings is 1. The third-order valence-electron chi connectivity index (χ3n) is 7.90. The molecular formula is C29H37ClN4O3. The molecule has 0 N–H and O–H groups in total. The van der Waals surface area contributed by atoms with Crippen LogP contribution < -0.4 is 9.47 Å². The first-order valence-corrected chi connectivity index (χ1v) is 13.8. The summed E-state index contributed by atoms with van der Waals surface area (Å²) in [5, 5.41) is 0.686. The summed E-state index contributed by atoms with van der Waals surface area (Å²) in [7, 11) is 3.75. The van der Waals surface area contributed by atoms with Gasteiger partial charge in [0.15, 0.2) is 0 Å². The first-order valence-electron chi connectivity index (χ1n) is 13.4. The number of amides is 2. The monoisotopic (exact) mass is 524 g/mol. The standard InChI is InChI=1S/C29H37ClN4O3/c1-4-37-25-19-23(36-3)13-14-24(25)28-31-26(20-7-5-6-8-20)27(21-9-11-22(30)12-10-21)34(28)29(35)33-17-15-32(2)16-18-33/h9-14,19-20,26-27H,4-8,15-18H2,1-3H3/t26-,27+/m1/s1. The van der Waals surface area contributed by atoms with E-state index in [1.54, 1.807) is 7.11 Å². The smallest absolute Gasteiger partial charge is 0.326 e. The Kier molecular flexibility index (Phi) is 7.91. The Labute approximate surface area is 225 Å². The van der Waals surface area contributed by atoms with Crippen LogP contribution in [0.5, 0.6) is 11.5 Å². The van der Waals surface area contributed by atoms with Crippen molar-refractivity contribution in [2.24, 2.45) is 10.9 Å². The molecule has 5 rings (SSSR count). The first kappa shape index (κ1) is 25.9. The van der Waals surface area contributed by atoms with Crippen molar-refractivity contribution >= 4 is 23.5 Å². The molecule has 3 aliphatic rings. The minimum Gasteiger partial charge on any atom is -0.497 e. The van der Waals surface area contributed by atoms with Gasteiger partial charge in [-0.1, -0.05) is 36.6 Å². The molecule has 0 radical (unpaired) electrons. The van der Waals surface area contributed by atoms with Crippen molar-refractivity contribution in [3.05, 3.63) is 58.6 Å². The Bertz CT molecular complexity index is 1120. The van der Waals surface area contributed by atoms with E-state index < -0.39 is 0 Å². The lowest BCUT2D eigenvalue weighted by atomic mass is 9.88. The minimum absolute atomic E-state index is 0.00515. The predicted molar refractivity (Wildman–Crippen MR) is 147 cm³/mol. The molecule has 0 unspecified atom stereocenters. The average Bonchev–Trinajstić information content (AvgIpc) is 3.58. The Balaban J connectivity index is 1.63. The molecule has 2 aliphatic heterocycles. The molecular weight excluding hydrogens is 488 g/mol. The largest absolute Gasteiger partial charge is 0.497 e. The van der Waals surface area contributed by atoms with Gasteiger partial charge < -0.3 is 19.3 Å². The summed E-state index contributed by atoms with van der Waals surface area (Å²) >= 11 is 6.27. The predicted octanol–water partition coefficient (Wildman–Crippen LogP) is 5.48. The maximum atomic E-state index is 14.4. The Morgan fingerprint density at radius 2 is 1.76 bits per heavy atom. The molecule has 0 bridgehead atoms. The van der Waals surface area contributed by atoms with Gasteiger partial charge in [-0.2, -0.15) is 0 Å². The van der Waals surface area contributed by atoms with Crippen LogP contribution >= 0.6 is 11.6 Å². The number of carbonyl (C=O) groups excluding carboxylic acids is 1. The molecule has 1 saturated heterocycles. The first-order chi connectivity index (χ1) is 18.0. The zero-order valence-electron chi connectivity index (χ0n) is 22.0. The molecule has 1 aliphatic carbocycles. The number of urea groups is 1. The van der Waals surface area contributed by atoms with Crippen LogP contribution in [0.15, 0.2) is 47.5 Å². The maximum absolute atomic E-state index is 14.4. The molecule has 2 aromatic rings. The molecule has 0 spiro atoms. The molecule has 2 heterocycles. The summed E-state index contributed by atoms with van der Waals surface area (Å²) in [5.41, 5.74) is 1.89. The zero-order chi connectivity index (χ0) is 25.9. The van der Waals surface area contributed by atoms with Gasteiger partial charge in [0.05, 0.1) is 31.4 Å². The Morgan fingerprint density at radius 3 is 2.41 bits per heavy atom. The van der Waals surface area contributed by atoms with Gasteiger partial charge in [-0.3, -0.25) is 9.89 Å². The molecule has 2 fully saturated rings. The van der Waals surface area contributed by atoms with E-state index in [-0.39, 0.29) is 18.1 Å². The van der Waals surface area contributed by atoms with E-state index in [1.807, 2.05) is 47.1 Å². The third-order valence-corrected chi connectivity index (χ3v) is 8.16. The van der Waals surface area contributed by atoms with Gasteiger partial charge >= 0.3 is 6.03 Å². The number of carbonyl (C=O) groups is 1. The number of ether oxygens (including phenoxy) is 2. The van der Waals surface area contributed by atoms with E-state index >= 15 is 0 Å². The zero-order valence-corrected chi connectivity index (χ0v) is 22.8. The number of benzene rings is 2. The molecule has 198 valence electrons. The van der Waals surface area contributed by atoms with Gasteiger partial charge in [0.1, 0.15) is 17.3 Å². The van der Waals surface area contributed by atoms with Crippen molar-refractivity contribution in [2.45, 2.75) is 44.7 Å². The average molecular weight is 525 g/mol. The topological polar surface area (TPSA) is 57.6 Å². The summed E-state index contributed by atoms with van der Waals surface area (Å²) in [6.45, 7) is 5.58. The summed E-state index contributed by atoms with van der Waals surface area (Å²) in [6.07, 6.45) is 4.67. The van der Waals surface area contributed by atoms with Crippen LogP contribution in [-0.4, -0.2) is 79.6 Å². The van der Waals surface area contributed by atoms with Crippen LogP contribution in [0.2, 0.25) is 5.02 Å². The molecule has 1 saturated carbocycles. The number of likely N-dealkylation sites (N-methyl/N-ethyl adjacent to an activating group) is 1. The van der Waals surface area contributed by atoms with Crippen LogP contribution in [0, 0.1) is 5.92 Å². The van der Waals surface area contributed by atoms with Crippen LogP contribution in [0.3, 0.4) is 0 Å². The van der Waals surface area contributed by atoms with Gasteiger partial charge in [0.2, 0.25) is 0 Å². The van der Waals surface area contributed by atoms with E-state index in [9.17, 15) is 4.79 Å². The third kappa shape index (κ3) is 5.30. The van der Waals surface area contributed by atoms with E-state index in [0.29, 0.717) is 48.0 Å². The summed E-state index contributed by atoms with van der Waals surface area (Å²) in [5.74, 6) is 2.50. The normalized spacial score (nSPS) is 22.9. The molecule has 2 atom stereocenters. The van der Waals surface area contributed by atoms with Crippen molar-refractivity contribution in [1.82, 2.24) is 14.7 Å². The molecule has 0 aromatic heterocycles.